The molecule has 0 radical (unpaired) electrons. The maximum Gasteiger partial charge on any atom is 0.258 e. The van der Waals surface area contributed by atoms with Gasteiger partial charge in [-0.05, 0) is 13.3 Å². The topological polar surface area (TPSA) is 66.8 Å². The molecular formula is C16H22ClN5O. The number of halogens is 1. The molecule has 0 aliphatic carbocycles. The lowest BCUT2D eigenvalue weighted by molar-refractivity contribution is 0.270. The van der Waals surface area contributed by atoms with Gasteiger partial charge in [-0.3, -0.25) is 14.3 Å². The van der Waals surface area contributed by atoms with E-state index in [1.165, 1.54) is 0 Å². The number of rotatable bonds is 5. The first-order valence-electron chi connectivity index (χ1n) is 8.00. The summed E-state index contributed by atoms with van der Waals surface area (Å²) in [6, 6.07) is 0. The fraction of sp³-hybridized carbons (Fsp3) is 0.562. The molecule has 1 aliphatic heterocycles. The van der Waals surface area contributed by atoms with Crippen molar-refractivity contribution in [3.8, 4) is 0 Å². The van der Waals surface area contributed by atoms with Gasteiger partial charge in [0.1, 0.15) is 11.6 Å². The molecule has 0 bridgehead atoms. The van der Waals surface area contributed by atoms with E-state index in [9.17, 15) is 4.79 Å². The minimum Gasteiger partial charge on any atom is -0.344 e. The summed E-state index contributed by atoms with van der Waals surface area (Å²) in [6.45, 7) is 5.94. The third kappa shape index (κ3) is 3.19. The lowest BCUT2D eigenvalue weighted by Crippen LogP contribution is -2.25. The minimum absolute atomic E-state index is 0.0503. The van der Waals surface area contributed by atoms with Gasteiger partial charge in [-0.2, -0.15) is 0 Å². The van der Waals surface area contributed by atoms with Gasteiger partial charge in [-0.1, -0.05) is 24.9 Å². The Labute approximate surface area is 140 Å². The minimum atomic E-state index is 0.0503. The van der Waals surface area contributed by atoms with E-state index in [0.29, 0.717) is 24.8 Å². The molecule has 2 aromatic rings. The summed E-state index contributed by atoms with van der Waals surface area (Å²) in [7, 11) is 1.76. The zero-order valence-electron chi connectivity index (χ0n) is 13.8. The summed E-state index contributed by atoms with van der Waals surface area (Å²) >= 11 is 6.24. The van der Waals surface area contributed by atoms with E-state index in [1.54, 1.807) is 11.6 Å². The molecule has 124 valence electrons. The van der Waals surface area contributed by atoms with Gasteiger partial charge in [0.2, 0.25) is 0 Å². The van der Waals surface area contributed by atoms with Crippen LogP contribution in [-0.2, 0) is 33.1 Å². The van der Waals surface area contributed by atoms with Crippen LogP contribution in [-0.4, -0.2) is 24.4 Å². The van der Waals surface area contributed by atoms with Crippen LogP contribution in [0.4, 0.5) is 0 Å². The fourth-order valence-corrected chi connectivity index (χ4v) is 3.14. The van der Waals surface area contributed by atoms with Crippen molar-refractivity contribution in [1.82, 2.24) is 24.4 Å². The summed E-state index contributed by atoms with van der Waals surface area (Å²) in [4.78, 5) is 26.7. The molecule has 0 atom stereocenters. The van der Waals surface area contributed by atoms with E-state index in [2.05, 4.69) is 26.8 Å². The third-order valence-electron chi connectivity index (χ3n) is 4.37. The molecule has 0 fully saturated rings. The average Bonchev–Trinajstić information content (AvgIpc) is 3.07. The van der Waals surface area contributed by atoms with E-state index in [4.69, 9.17) is 11.6 Å². The zero-order chi connectivity index (χ0) is 16.6. The molecule has 23 heavy (non-hydrogen) atoms. The van der Waals surface area contributed by atoms with E-state index in [-0.39, 0.29) is 5.56 Å². The normalized spacial score (nSPS) is 14.4. The van der Waals surface area contributed by atoms with Gasteiger partial charge in [0.15, 0.2) is 5.15 Å². The van der Waals surface area contributed by atoms with Gasteiger partial charge >= 0.3 is 0 Å². The van der Waals surface area contributed by atoms with Crippen LogP contribution in [0.5, 0.6) is 0 Å². The molecule has 0 spiro atoms. The Morgan fingerprint density at radius 1 is 1.30 bits per heavy atom. The fourth-order valence-electron chi connectivity index (χ4n) is 2.93. The zero-order valence-corrected chi connectivity index (χ0v) is 14.6. The van der Waals surface area contributed by atoms with E-state index in [1.807, 2.05) is 6.92 Å². The van der Waals surface area contributed by atoms with Crippen LogP contribution in [0, 0.1) is 6.92 Å². The second-order valence-electron chi connectivity index (χ2n) is 6.15. The van der Waals surface area contributed by atoms with E-state index >= 15 is 0 Å². The number of aromatic amines is 1. The number of H-pyrrole nitrogens is 1. The van der Waals surface area contributed by atoms with Crippen LogP contribution in [0.25, 0.3) is 0 Å². The van der Waals surface area contributed by atoms with E-state index in [0.717, 1.165) is 47.9 Å². The molecule has 1 N–H and O–H groups in total. The summed E-state index contributed by atoms with van der Waals surface area (Å²) in [5, 5.41) is 0.532. The Hall–Kier alpha value is -1.66. The van der Waals surface area contributed by atoms with Gasteiger partial charge in [-0.15, -0.1) is 0 Å². The Kier molecular flexibility index (Phi) is 4.55. The maximum atomic E-state index is 12.3. The van der Waals surface area contributed by atoms with Crippen molar-refractivity contribution < 1.29 is 0 Å². The number of fused-ring (bicyclic) bond motifs is 1. The second-order valence-corrected chi connectivity index (χ2v) is 6.51. The maximum absolute atomic E-state index is 12.3. The van der Waals surface area contributed by atoms with Crippen molar-refractivity contribution in [2.75, 3.05) is 0 Å². The van der Waals surface area contributed by atoms with Gasteiger partial charge < -0.3 is 4.98 Å². The number of imidazole rings is 1. The monoisotopic (exact) mass is 335 g/mol. The lowest BCUT2D eigenvalue weighted by Gasteiger charge is -2.12. The highest BCUT2D eigenvalue weighted by Crippen LogP contribution is 2.23. The number of aromatic nitrogens is 4. The van der Waals surface area contributed by atoms with Crippen LogP contribution in [0.2, 0.25) is 5.15 Å². The highest BCUT2D eigenvalue weighted by molar-refractivity contribution is 6.30. The quantitative estimate of drug-likeness (QED) is 0.910. The number of aryl methyl sites for hydroxylation is 2. The number of hydrogen-bond acceptors (Lipinski definition) is 4. The molecule has 1 aliphatic rings. The molecule has 0 aromatic carbocycles. The Balaban J connectivity index is 1.75. The molecule has 0 saturated heterocycles. The van der Waals surface area contributed by atoms with Gasteiger partial charge in [0.05, 0.1) is 17.0 Å². The van der Waals surface area contributed by atoms with Gasteiger partial charge in [-0.25, -0.2) is 9.97 Å². The van der Waals surface area contributed by atoms with Crippen molar-refractivity contribution in [1.29, 1.82) is 0 Å². The number of nitrogens with one attached hydrogen (secondary N) is 1. The first-order valence-corrected chi connectivity index (χ1v) is 8.38. The van der Waals surface area contributed by atoms with Crippen LogP contribution >= 0.6 is 11.6 Å². The number of hydrogen-bond donors (Lipinski definition) is 1. The molecule has 2 aromatic heterocycles. The molecule has 3 heterocycles. The van der Waals surface area contributed by atoms with Crippen LogP contribution in [0.3, 0.4) is 0 Å². The second kappa shape index (κ2) is 6.45. The molecule has 0 amide bonds. The van der Waals surface area contributed by atoms with Crippen molar-refractivity contribution in [2.45, 2.75) is 52.7 Å². The smallest absolute Gasteiger partial charge is 0.258 e. The molecular weight excluding hydrogens is 314 g/mol. The molecule has 0 saturated carbocycles. The molecule has 0 unspecified atom stereocenters. The largest absolute Gasteiger partial charge is 0.344 e. The number of nitrogens with zero attached hydrogens (tertiary/aromatic N) is 4. The predicted octanol–water partition coefficient (Wildman–Crippen LogP) is 2.32. The van der Waals surface area contributed by atoms with Crippen molar-refractivity contribution in [2.24, 2.45) is 7.05 Å². The first kappa shape index (κ1) is 16.2. The number of unbranched alkanes of at least 4 members (excludes halogenated alkanes) is 1. The van der Waals surface area contributed by atoms with Crippen LogP contribution < -0.4 is 5.56 Å². The highest BCUT2D eigenvalue weighted by Gasteiger charge is 2.25. The van der Waals surface area contributed by atoms with Crippen molar-refractivity contribution in [3.63, 3.8) is 0 Å². The standard InChI is InChI=1S/C16H22ClN5O/c1-4-5-6-14-19-13(15(17)20-14)9-22-7-11-12(8-22)18-10(2)21(3)16(11)23/h4-9H2,1-3H3,(H,19,20). The highest BCUT2D eigenvalue weighted by atomic mass is 35.5. The summed E-state index contributed by atoms with van der Waals surface area (Å²) in [6.07, 6.45) is 3.14. The van der Waals surface area contributed by atoms with Crippen molar-refractivity contribution >= 4 is 11.6 Å². The van der Waals surface area contributed by atoms with Gasteiger partial charge in [0, 0.05) is 33.1 Å². The van der Waals surface area contributed by atoms with Crippen molar-refractivity contribution in [3.05, 3.63) is 44.1 Å². The Bertz CT molecular complexity index is 780. The molecule has 6 nitrogen and oxygen atoms in total. The molecule has 7 heteroatoms. The predicted molar refractivity (Wildman–Crippen MR) is 89.4 cm³/mol. The summed E-state index contributed by atoms with van der Waals surface area (Å²) in [5.41, 5.74) is 2.64. The summed E-state index contributed by atoms with van der Waals surface area (Å²) < 4.78 is 1.61. The van der Waals surface area contributed by atoms with Crippen LogP contribution in [0.1, 0.15) is 48.4 Å². The Morgan fingerprint density at radius 3 is 2.83 bits per heavy atom. The SMILES string of the molecule is CCCCc1nc(Cl)c(CN2Cc3nc(C)n(C)c(=O)c3C2)[nH]1. The Morgan fingerprint density at radius 2 is 2.09 bits per heavy atom. The van der Waals surface area contributed by atoms with Crippen LogP contribution in [0.15, 0.2) is 4.79 Å². The van der Waals surface area contributed by atoms with E-state index < -0.39 is 0 Å². The average molecular weight is 336 g/mol. The molecule has 3 rings (SSSR count). The first-order chi connectivity index (χ1) is 11.0. The van der Waals surface area contributed by atoms with Gasteiger partial charge in [0.25, 0.3) is 5.56 Å². The third-order valence-corrected chi connectivity index (χ3v) is 4.69. The lowest BCUT2D eigenvalue weighted by atomic mass is 10.2. The summed E-state index contributed by atoms with van der Waals surface area (Å²) in [5.74, 6) is 1.69.